The van der Waals surface area contributed by atoms with Crippen molar-refractivity contribution in [2.45, 2.75) is 6.54 Å². The molecule has 4 nitrogen and oxygen atoms in total. The van der Waals surface area contributed by atoms with Crippen molar-refractivity contribution in [1.82, 2.24) is 0 Å². The van der Waals surface area contributed by atoms with Gasteiger partial charge < -0.3 is 4.74 Å². The van der Waals surface area contributed by atoms with Crippen LogP contribution in [-0.2, 0) is 6.54 Å². The van der Waals surface area contributed by atoms with Gasteiger partial charge in [0.15, 0.2) is 0 Å². The first kappa shape index (κ1) is 9.80. The molecule has 70 valence electrons. The average Bonchev–Trinajstić information content (AvgIpc) is 2.03. The second-order valence-corrected chi connectivity index (χ2v) is 2.83. The Kier molecular flexibility index (Phi) is 3.08. The summed E-state index contributed by atoms with van der Waals surface area (Å²) in [5.74, 6) is 0.376. The highest BCUT2D eigenvalue weighted by atomic mass is 35.5. The van der Waals surface area contributed by atoms with Gasteiger partial charge in [-0.1, -0.05) is 17.7 Å². The van der Waals surface area contributed by atoms with Crippen LogP contribution in [0.3, 0.4) is 0 Å². The highest BCUT2D eigenvalue weighted by Crippen LogP contribution is 2.28. The predicted octanol–water partition coefficient (Wildman–Crippen LogP) is 2.13. The van der Waals surface area contributed by atoms with E-state index in [0.29, 0.717) is 16.3 Å². The van der Waals surface area contributed by atoms with Crippen molar-refractivity contribution in [2.24, 2.45) is 0 Å². The predicted molar refractivity (Wildman–Crippen MR) is 48.7 cm³/mol. The third-order valence-electron chi connectivity index (χ3n) is 1.55. The topological polar surface area (TPSA) is 52.4 Å². The normalized spacial score (nSPS) is 9.69. The second-order valence-electron chi connectivity index (χ2n) is 2.42. The Balaban J connectivity index is 3.05. The minimum absolute atomic E-state index is 0.274. The quantitative estimate of drug-likeness (QED) is 0.556. The van der Waals surface area contributed by atoms with Crippen molar-refractivity contribution in [3.05, 3.63) is 38.9 Å². The number of hydrogen-bond acceptors (Lipinski definition) is 3. The molecule has 0 heterocycles. The maximum absolute atomic E-state index is 10.3. The highest BCUT2D eigenvalue weighted by Gasteiger charge is 2.11. The highest BCUT2D eigenvalue weighted by molar-refractivity contribution is 6.32. The van der Waals surface area contributed by atoms with E-state index in [1.165, 1.54) is 7.11 Å². The zero-order valence-electron chi connectivity index (χ0n) is 6.99. The summed E-state index contributed by atoms with van der Waals surface area (Å²) in [5, 5.41) is 10.6. The molecule has 1 rings (SSSR count). The SMILES string of the molecule is COc1c(Cl)cccc1C[N+](=O)[O-]. The van der Waals surface area contributed by atoms with E-state index in [1.54, 1.807) is 18.2 Å². The van der Waals surface area contributed by atoms with E-state index in [2.05, 4.69) is 0 Å². The molecular weight excluding hydrogens is 194 g/mol. The molecule has 0 saturated carbocycles. The van der Waals surface area contributed by atoms with Crippen LogP contribution in [0.2, 0.25) is 5.02 Å². The lowest BCUT2D eigenvalue weighted by atomic mass is 10.2. The molecule has 1 aromatic carbocycles. The molecular formula is C8H8ClNO3. The minimum atomic E-state index is -0.422. The third-order valence-corrected chi connectivity index (χ3v) is 1.85. The zero-order valence-corrected chi connectivity index (χ0v) is 7.75. The number of methoxy groups -OCH3 is 1. The number of rotatable bonds is 3. The Morgan fingerprint density at radius 1 is 1.62 bits per heavy atom. The number of halogens is 1. The fourth-order valence-electron chi connectivity index (χ4n) is 1.05. The van der Waals surface area contributed by atoms with Gasteiger partial charge in [-0.2, -0.15) is 0 Å². The van der Waals surface area contributed by atoms with Gasteiger partial charge in [-0.3, -0.25) is 10.1 Å². The molecule has 0 aliphatic carbocycles. The fraction of sp³-hybridized carbons (Fsp3) is 0.250. The summed E-state index contributed by atoms with van der Waals surface area (Å²) < 4.78 is 4.94. The van der Waals surface area contributed by atoms with Crippen LogP contribution in [0.5, 0.6) is 5.75 Å². The lowest BCUT2D eigenvalue weighted by Gasteiger charge is -2.05. The van der Waals surface area contributed by atoms with Gasteiger partial charge in [0, 0.05) is 4.92 Å². The van der Waals surface area contributed by atoms with Crippen molar-refractivity contribution in [3.63, 3.8) is 0 Å². The molecule has 0 fully saturated rings. The van der Waals surface area contributed by atoms with Crippen LogP contribution in [0, 0.1) is 10.1 Å². The lowest BCUT2D eigenvalue weighted by Crippen LogP contribution is -2.00. The molecule has 0 saturated heterocycles. The maximum Gasteiger partial charge on any atom is 0.232 e. The van der Waals surface area contributed by atoms with Crippen LogP contribution < -0.4 is 4.74 Å². The molecule has 0 N–H and O–H groups in total. The van der Waals surface area contributed by atoms with Gasteiger partial charge in [0.05, 0.1) is 17.7 Å². The molecule has 5 heteroatoms. The largest absolute Gasteiger partial charge is 0.495 e. The van der Waals surface area contributed by atoms with Crippen LogP contribution in [0.1, 0.15) is 5.56 Å². The first-order valence-electron chi connectivity index (χ1n) is 3.58. The Hall–Kier alpha value is -1.29. The molecule has 0 bridgehead atoms. The van der Waals surface area contributed by atoms with Gasteiger partial charge >= 0.3 is 0 Å². The van der Waals surface area contributed by atoms with Crippen molar-refractivity contribution >= 4 is 11.6 Å². The van der Waals surface area contributed by atoms with E-state index in [0.717, 1.165) is 0 Å². The molecule has 0 radical (unpaired) electrons. The van der Waals surface area contributed by atoms with Gasteiger partial charge in [0.1, 0.15) is 5.75 Å². The van der Waals surface area contributed by atoms with Gasteiger partial charge in [-0.05, 0) is 12.1 Å². The lowest BCUT2D eigenvalue weighted by molar-refractivity contribution is -0.496. The monoisotopic (exact) mass is 201 g/mol. The van der Waals surface area contributed by atoms with Crippen LogP contribution in [0.4, 0.5) is 0 Å². The molecule has 1 aromatic rings. The van der Waals surface area contributed by atoms with E-state index in [9.17, 15) is 10.1 Å². The zero-order chi connectivity index (χ0) is 9.84. The smallest absolute Gasteiger partial charge is 0.232 e. The summed E-state index contributed by atoms with van der Waals surface area (Å²) in [6.07, 6.45) is 0. The Labute approximate surface area is 80.2 Å². The number of ether oxygens (including phenoxy) is 1. The number of hydrogen-bond donors (Lipinski definition) is 0. The minimum Gasteiger partial charge on any atom is -0.495 e. The number of nitro groups is 1. The van der Waals surface area contributed by atoms with Crippen molar-refractivity contribution in [2.75, 3.05) is 7.11 Å². The molecule has 0 aliphatic rings. The molecule has 0 atom stereocenters. The molecule has 0 unspecified atom stereocenters. The molecule has 0 aromatic heterocycles. The second kappa shape index (κ2) is 4.09. The third kappa shape index (κ3) is 2.32. The van der Waals surface area contributed by atoms with E-state index >= 15 is 0 Å². The Morgan fingerprint density at radius 2 is 2.31 bits per heavy atom. The summed E-state index contributed by atoms with van der Waals surface area (Å²) in [6.45, 7) is -0.274. The molecule has 0 spiro atoms. The fourth-order valence-corrected chi connectivity index (χ4v) is 1.32. The van der Waals surface area contributed by atoms with Crippen molar-refractivity contribution in [1.29, 1.82) is 0 Å². The van der Waals surface area contributed by atoms with Crippen molar-refractivity contribution < 1.29 is 9.66 Å². The molecule has 0 amide bonds. The first-order valence-corrected chi connectivity index (χ1v) is 3.96. The average molecular weight is 202 g/mol. The van der Waals surface area contributed by atoms with E-state index in [4.69, 9.17) is 16.3 Å². The van der Waals surface area contributed by atoms with E-state index < -0.39 is 4.92 Å². The van der Waals surface area contributed by atoms with E-state index in [1.807, 2.05) is 0 Å². The summed E-state index contributed by atoms with van der Waals surface area (Å²) in [5.41, 5.74) is 0.486. The standard InChI is InChI=1S/C8H8ClNO3/c1-13-8-6(5-10(11)12)3-2-4-7(8)9/h2-4H,5H2,1H3. The summed E-state index contributed by atoms with van der Waals surface area (Å²) in [6, 6.07) is 4.90. The number of para-hydroxylation sites is 1. The molecule has 13 heavy (non-hydrogen) atoms. The van der Waals surface area contributed by atoms with Crippen LogP contribution in [-0.4, -0.2) is 12.0 Å². The van der Waals surface area contributed by atoms with Crippen LogP contribution >= 0.6 is 11.6 Å². The van der Waals surface area contributed by atoms with Crippen molar-refractivity contribution in [3.8, 4) is 5.75 Å². The molecule has 0 aliphatic heterocycles. The Morgan fingerprint density at radius 3 is 2.85 bits per heavy atom. The Bertz CT molecular complexity index is 327. The summed E-state index contributed by atoms with van der Waals surface area (Å²) in [7, 11) is 1.44. The summed E-state index contributed by atoms with van der Waals surface area (Å²) >= 11 is 5.77. The van der Waals surface area contributed by atoms with Gasteiger partial charge in [0.25, 0.3) is 0 Å². The van der Waals surface area contributed by atoms with Crippen LogP contribution in [0.15, 0.2) is 18.2 Å². The maximum atomic E-state index is 10.3. The van der Waals surface area contributed by atoms with Gasteiger partial charge in [0.2, 0.25) is 6.54 Å². The van der Waals surface area contributed by atoms with Gasteiger partial charge in [-0.15, -0.1) is 0 Å². The van der Waals surface area contributed by atoms with E-state index in [-0.39, 0.29) is 6.54 Å². The van der Waals surface area contributed by atoms with Crippen LogP contribution in [0.25, 0.3) is 0 Å². The number of nitrogens with zero attached hydrogens (tertiary/aromatic N) is 1. The first-order chi connectivity index (χ1) is 6.15. The summed E-state index contributed by atoms with van der Waals surface area (Å²) in [4.78, 5) is 9.83. The number of benzene rings is 1. The van der Waals surface area contributed by atoms with Gasteiger partial charge in [-0.25, -0.2) is 0 Å².